The predicted molar refractivity (Wildman–Crippen MR) is 104 cm³/mol. The average molecular weight is 394 g/mol. The van der Waals surface area contributed by atoms with Crippen molar-refractivity contribution in [1.29, 1.82) is 0 Å². The molecule has 2 aromatic rings. The van der Waals surface area contributed by atoms with Gasteiger partial charge in [0.2, 0.25) is 0 Å². The second-order valence-electron chi connectivity index (χ2n) is 6.91. The highest BCUT2D eigenvalue weighted by atomic mass is 32.2. The number of carbonyl (C=O) groups excluding carboxylic acids is 1. The summed E-state index contributed by atoms with van der Waals surface area (Å²) in [6.45, 7) is 2.91. The number of nitrogens with one attached hydrogen (secondary N) is 2. The van der Waals surface area contributed by atoms with Gasteiger partial charge in [0.1, 0.15) is 6.04 Å². The summed E-state index contributed by atoms with van der Waals surface area (Å²) in [6, 6.07) is 11.3. The van der Waals surface area contributed by atoms with Gasteiger partial charge in [-0.25, -0.2) is 8.42 Å². The average Bonchev–Trinajstić information content (AvgIpc) is 3.28. The van der Waals surface area contributed by atoms with Crippen LogP contribution in [0.5, 0.6) is 0 Å². The maximum Gasteiger partial charge on any atom is 0.251 e. The van der Waals surface area contributed by atoms with E-state index in [0.717, 1.165) is 13.1 Å². The first-order chi connectivity index (χ1) is 12.4. The van der Waals surface area contributed by atoms with E-state index in [9.17, 15) is 13.2 Å². The number of carbonyl (C=O) groups is 1. The number of hydrogen-bond acceptors (Lipinski definition) is 4. The molecule has 5 nitrogen and oxygen atoms in total. The van der Waals surface area contributed by atoms with Crippen LogP contribution in [0.4, 0.5) is 0 Å². The Morgan fingerprint density at radius 3 is 2.46 bits per heavy atom. The highest BCUT2D eigenvalue weighted by molar-refractivity contribution is 7.89. The van der Waals surface area contributed by atoms with Crippen LogP contribution in [0.25, 0.3) is 0 Å². The molecule has 0 radical (unpaired) electrons. The predicted octanol–water partition coefficient (Wildman–Crippen LogP) is 1.44. The molecule has 2 heterocycles. The summed E-state index contributed by atoms with van der Waals surface area (Å²) in [4.78, 5) is 15.3. The van der Waals surface area contributed by atoms with Gasteiger partial charge in [-0.05, 0) is 29.1 Å². The van der Waals surface area contributed by atoms with Gasteiger partial charge in [-0.15, -0.1) is 11.3 Å². The summed E-state index contributed by atoms with van der Waals surface area (Å²) >= 11 is 1.74. The lowest BCUT2D eigenvalue weighted by atomic mass is 10.1. The molecule has 1 aliphatic heterocycles. The van der Waals surface area contributed by atoms with E-state index in [2.05, 4.69) is 22.8 Å². The molecule has 0 unspecified atom stereocenters. The number of benzene rings is 1. The van der Waals surface area contributed by atoms with E-state index < -0.39 is 9.84 Å². The molecule has 26 heavy (non-hydrogen) atoms. The normalized spacial score (nSPS) is 16.5. The molecular weight excluding hydrogens is 368 g/mol. The molecule has 1 saturated heterocycles. The Bertz CT molecular complexity index is 824. The SMILES string of the molecule is CS(=O)(=O)Cc1ccc(C(=O)NC[C@H](c2cccs2)[NH+]2CCCC2)cc1. The molecule has 0 spiro atoms. The van der Waals surface area contributed by atoms with Gasteiger partial charge in [0.15, 0.2) is 9.84 Å². The maximum atomic E-state index is 12.5. The number of rotatable bonds is 7. The zero-order valence-corrected chi connectivity index (χ0v) is 16.5. The number of sulfone groups is 1. The molecule has 0 aliphatic carbocycles. The fourth-order valence-corrected chi connectivity index (χ4v) is 5.15. The zero-order valence-electron chi connectivity index (χ0n) is 14.9. The van der Waals surface area contributed by atoms with Crippen molar-refractivity contribution < 1.29 is 18.1 Å². The second-order valence-corrected chi connectivity index (χ2v) is 10.0. The third-order valence-electron chi connectivity index (χ3n) is 4.74. The van der Waals surface area contributed by atoms with E-state index in [-0.39, 0.29) is 11.7 Å². The molecule has 2 N–H and O–H groups in total. The van der Waals surface area contributed by atoms with Crippen LogP contribution < -0.4 is 10.2 Å². The molecule has 140 valence electrons. The monoisotopic (exact) mass is 393 g/mol. The Hall–Kier alpha value is -1.70. The molecule has 0 bridgehead atoms. The van der Waals surface area contributed by atoms with Gasteiger partial charge in [0.05, 0.1) is 30.3 Å². The Morgan fingerprint density at radius 2 is 1.88 bits per heavy atom. The zero-order chi connectivity index (χ0) is 18.6. The van der Waals surface area contributed by atoms with Gasteiger partial charge in [0.25, 0.3) is 5.91 Å². The number of likely N-dealkylation sites (tertiary alicyclic amines) is 1. The van der Waals surface area contributed by atoms with Crippen LogP contribution in [-0.4, -0.2) is 40.2 Å². The molecule has 1 amide bonds. The van der Waals surface area contributed by atoms with E-state index in [1.165, 1.54) is 28.9 Å². The molecule has 1 aliphatic rings. The van der Waals surface area contributed by atoms with Crippen LogP contribution in [-0.2, 0) is 15.6 Å². The first-order valence-electron chi connectivity index (χ1n) is 8.85. The Balaban J connectivity index is 1.63. The van der Waals surface area contributed by atoms with Crippen molar-refractivity contribution in [2.45, 2.75) is 24.6 Å². The van der Waals surface area contributed by atoms with Gasteiger partial charge in [-0.2, -0.15) is 0 Å². The van der Waals surface area contributed by atoms with E-state index >= 15 is 0 Å². The highest BCUT2D eigenvalue weighted by Gasteiger charge is 2.28. The van der Waals surface area contributed by atoms with Crippen molar-refractivity contribution >= 4 is 27.1 Å². The standard InChI is InChI=1S/C19H24N2O3S2/c1-26(23,24)14-15-6-8-16(9-7-15)19(22)20-13-17(18-5-4-12-25-18)21-10-2-3-11-21/h4-9,12,17H,2-3,10-11,13-14H2,1H3,(H,20,22)/p+1/t17-/m1/s1. The van der Waals surface area contributed by atoms with Crippen molar-refractivity contribution in [3.63, 3.8) is 0 Å². The Kier molecular flexibility index (Phi) is 6.11. The summed E-state index contributed by atoms with van der Waals surface area (Å²) in [5.74, 6) is -0.121. The van der Waals surface area contributed by atoms with Crippen LogP contribution in [0.3, 0.4) is 0 Å². The third kappa shape index (κ3) is 5.16. The van der Waals surface area contributed by atoms with Gasteiger partial charge < -0.3 is 10.2 Å². The van der Waals surface area contributed by atoms with Gasteiger partial charge >= 0.3 is 0 Å². The minimum atomic E-state index is -3.07. The molecule has 1 fully saturated rings. The molecule has 0 saturated carbocycles. The molecule has 1 atom stereocenters. The van der Waals surface area contributed by atoms with Crippen LogP contribution in [0.2, 0.25) is 0 Å². The third-order valence-corrected chi connectivity index (χ3v) is 6.58. The molecular formula is C19H25N2O3S2+. The summed E-state index contributed by atoms with van der Waals surface area (Å²) in [7, 11) is -3.07. The minimum absolute atomic E-state index is 0.00628. The minimum Gasteiger partial charge on any atom is -0.346 e. The van der Waals surface area contributed by atoms with Crippen molar-refractivity contribution in [1.82, 2.24) is 5.32 Å². The fourth-order valence-electron chi connectivity index (χ4n) is 3.47. The van der Waals surface area contributed by atoms with E-state index in [0.29, 0.717) is 23.7 Å². The first kappa shape index (κ1) is 19.1. The summed E-state index contributed by atoms with van der Waals surface area (Å²) in [5.41, 5.74) is 1.26. The molecule has 1 aromatic carbocycles. The lowest BCUT2D eigenvalue weighted by Crippen LogP contribution is -3.11. The number of quaternary nitrogens is 1. The summed E-state index contributed by atoms with van der Waals surface area (Å²) in [6.07, 6.45) is 3.69. The fraction of sp³-hybridized carbons (Fsp3) is 0.421. The molecule has 1 aromatic heterocycles. The van der Waals surface area contributed by atoms with E-state index in [4.69, 9.17) is 0 Å². The van der Waals surface area contributed by atoms with E-state index in [1.54, 1.807) is 35.6 Å². The smallest absolute Gasteiger partial charge is 0.251 e. The summed E-state index contributed by atoms with van der Waals surface area (Å²) < 4.78 is 22.7. The van der Waals surface area contributed by atoms with E-state index in [1.807, 2.05) is 0 Å². The van der Waals surface area contributed by atoms with Crippen molar-refractivity contribution in [2.24, 2.45) is 0 Å². The topological polar surface area (TPSA) is 67.7 Å². The Morgan fingerprint density at radius 1 is 1.19 bits per heavy atom. The molecule has 7 heteroatoms. The Labute approximate surface area is 159 Å². The largest absolute Gasteiger partial charge is 0.346 e. The van der Waals surface area contributed by atoms with Crippen LogP contribution in [0.1, 0.15) is 39.7 Å². The number of amides is 1. The maximum absolute atomic E-state index is 12.5. The van der Waals surface area contributed by atoms with Crippen LogP contribution >= 0.6 is 11.3 Å². The number of thiophene rings is 1. The molecule has 3 rings (SSSR count). The highest BCUT2D eigenvalue weighted by Crippen LogP contribution is 2.17. The van der Waals surface area contributed by atoms with Crippen molar-refractivity contribution in [2.75, 3.05) is 25.9 Å². The summed E-state index contributed by atoms with van der Waals surface area (Å²) in [5, 5.41) is 5.14. The van der Waals surface area contributed by atoms with Gasteiger partial charge in [0, 0.05) is 24.7 Å². The van der Waals surface area contributed by atoms with Crippen LogP contribution in [0.15, 0.2) is 41.8 Å². The van der Waals surface area contributed by atoms with Crippen molar-refractivity contribution in [3.05, 3.63) is 57.8 Å². The number of hydrogen-bond donors (Lipinski definition) is 2. The van der Waals surface area contributed by atoms with Crippen LogP contribution in [0, 0.1) is 0 Å². The van der Waals surface area contributed by atoms with Gasteiger partial charge in [-0.3, -0.25) is 4.79 Å². The lowest BCUT2D eigenvalue weighted by molar-refractivity contribution is -0.918. The van der Waals surface area contributed by atoms with Gasteiger partial charge in [-0.1, -0.05) is 18.2 Å². The quantitative estimate of drug-likeness (QED) is 0.748. The second kappa shape index (κ2) is 8.33. The lowest BCUT2D eigenvalue weighted by Gasteiger charge is -2.24. The van der Waals surface area contributed by atoms with Crippen molar-refractivity contribution in [3.8, 4) is 0 Å². The first-order valence-corrected chi connectivity index (χ1v) is 11.8.